The van der Waals surface area contributed by atoms with E-state index < -0.39 is 15.8 Å². The molecule has 1 aliphatic carbocycles. The van der Waals surface area contributed by atoms with Crippen LogP contribution in [-0.4, -0.2) is 14.5 Å². The predicted molar refractivity (Wildman–Crippen MR) is 77.1 cm³/mol. The minimum absolute atomic E-state index is 0.0656. The molecule has 20 heavy (non-hydrogen) atoms. The summed E-state index contributed by atoms with van der Waals surface area (Å²) in [7, 11) is -3.77. The van der Waals surface area contributed by atoms with Gasteiger partial charge in [-0.3, -0.25) is 0 Å². The van der Waals surface area contributed by atoms with Crippen LogP contribution in [-0.2, 0) is 10.0 Å². The monoisotopic (exact) mass is 300 g/mol. The largest absolute Gasteiger partial charge is 0.398 e. The van der Waals surface area contributed by atoms with E-state index in [0.29, 0.717) is 11.8 Å². The van der Waals surface area contributed by atoms with Gasteiger partial charge in [0.05, 0.1) is 5.69 Å². The molecule has 0 bridgehead atoms. The zero-order valence-electron chi connectivity index (χ0n) is 11.8. The summed E-state index contributed by atoms with van der Waals surface area (Å²) < 4.78 is 40.6. The van der Waals surface area contributed by atoms with E-state index in [1.165, 1.54) is 6.07 Å². The first kappa shape index (κ1) is 15.3. The molecular weight excluding hydrogens is 279 g/mol. The van der Waals surface area contributed by atoms with Gasteiger partial charge in [0.25, 0.3) is 0 Å². The fraction of sp³-hybridized carbons (Fsp3) is 0.571. The molecule has 6 heteroatoms. The molecule has 0 spiro atoms. The van der Waals surface area contributed by atoms with Crippen molar-refractivity contribution in [3.63, 3.8) is 0 Å². The predicted octanol–water partition coefficient (Wildman–Crippen LogP) is 2.51. The molecule has 1 aromatic rings. The summed E-state index contributed by atoms with van der Waals surface area (Å²) in [4.78, 5) is -0.177. The highest BCUT2D eigenvalue weighted by molar-refractivity contribution is 7.89. The number of hydrogen-bond donors (Lipinski definition) is 2. The van der Waals surface area contributed by atoms with E-state index in [1.807, 2.05) is 0 Å². The van der Waals surface area contributed by atoms with E-state index in [4.69, 9.17) is 5.73 Å². The summed E-state index contributed by atoms with van der Waals surface area (Å²) in [6.07, 6.45) is 2.72. The van der Waals surface area contributed by atoms with Crippen LogP contribution in [0.25, 0.3) is 0 Å². The van der Waals surface area contributed by atoms with Crippen LogP contribution in [0.4, 0.5) is 10.1 Å². The molecule has 2 unspecified atom stereocenters. The highest BCUT2D eigenvalue weighted by Crippen LogP contribution is 2.30. The van der Waals surface area contributed by atoms with E-state index in [2.05, 4.69) is 18.6 Å². The van der Waals surface area contributed by atoms with Crippen LogP contribution in [0.3, 0.4) is 0 Å². The molecule has 0 saturated heterocycles. The summed E-state index contributed by atoms with van der Waals surface area (Å²) in [6, 6.07) is 3.28. The molecule has 0 radical (unpaired) electrons. The van der Waals surface area contributed by atoms with Gasteiger partial charge < -0.3 is 5.73 Å². The first-order chi connectivity index (χ1) is 9.28. The van der Waals surface area contributed by atoms with Crippen molar-refractivity contribution >= 4 is 15.7 Å². The minimum Gasteiger partial charge on any atom is -0.398 e. The maximum Gasteiger partial charge on any atom is 0.242 e. The van der Waals surface area contributed by atoms with Gasteiger partial charge in [-0.1, -0.05) is 13.8 Å². The van der Waals surface area contributed by atoms with Crippen LogP contribution in [0, 0.1) is 17.7 Å². The number of sulfonamides is 1. The Labute approximate surface area is 119 Å². The summed E-state index contributed by atoms with van der Waals surface area (Å²) in [6.45, 7) is 4.24. The summed E-state index contributed by atoms with van der Waals surface area (Å²) in [5.41, 5.74) is 5.72. The molecule has 0 aromatic heterocycles. The van der Waals surface area contributed by atoms with Crippen LogP contribution in [0.5, 0.6) is 0 Å². The molecule has 3 N–H and O–H groups in total. The molecule has 1 aliphatic rings. The van der Waals surface area contributed by atoms with Gasteiger partial charge in [-0.15, -0.1) is 0 Å². The molecule has 2 rings (SSSR count). The average Bonchev–Trinajstić information content (AvgIpc) is 2.30. The van der Waals surface area contributed by atoms with E-state index in [9.17, 15) is 12.8 Å². The Bertz CT molecular complexity index is 579. The van der Waals surface area contributed by atoms with Crippen molar-refractivity contribution in [1.29, 1.82) is 0 Å². The first-order valence-electron chi connectivity index (χ1n) is 6.85. The number of nitrogens with one attached hydrogen (secondary N) is 1. The maximum atomic E-state index is 13.2. The molecule has 2 atom stereocenters. The number of anilines is 1. The van der Waals surface area contributed by atoms with Gasteiger partial charge in [-0.25, -0.2) is 17.5 Å². The second-order valence-electron chi connectivity index (χ2n) is 5.92. The first-order valence-corrected chi connectivity index (χ1v) is 8.33. The fourth-order valence-electron chi connectivity index (χ4n) is 3.07. The van der Waals surface area contributed by atoms with Crippen LogP contribution in [0.1, 0.15) is 33.1 Å². The fourth-order valence-corrected chi connectivity index (χ4v) is 4.47. The normalized spacial score (nSPS) is 27.4. The zero-order valence-corrected chi connectivity index (χ0v) is 12.6. The number of nitrogens with two attached hydrogens (primary N) is 1. The second-order valence-corrected chi connectivity index (χ2v) is 7.60. The average molecular weight is 300 g/mol. The zero-order chi connectivity index (χ0) is 14.9. The van der Waals surface area contributed by atoms with E-state index >= 15 is 0 Å². The van der Waals surface area contributed by atoms with Crippen molar-refractivity contribution in [2.24, 2.45) is 11.8 Å². The summed E-state index contributed by atoms with van der Waals surface area (Å²) >= 11 is 0. The Kier molecular flexibility index (Phi) is 4.34. The van der Waals surface area contributed by atoms with Gasteiger partial charge in [0.2, 0.25) is 10.0 Å². The lowest BCUT2D eigenvalue weighted by Gasteiger charge is -2.31. The smallest absolute Gasteiger partial charge is 0.242 e. The van der Waals surface area contributed by atoms with Crippen LogP contribution < -0.4 is 10.5 Å². The van der Waals surface area contributed by atoms with Gasteiger partial charge >= 0.3 is 0 Å². The van der Waals surface area contributed by atoms with Gasteiger partial charge in [-0.05, 0) is 49.3 Å². The number of rotatable bonds is 3. The number of nitrogen functional groups attached to an aromatic ring is 1. The lowest BCUT2D eigenvalue weighted by atomic mass is 9.81. The van der Waals surface area contributed by atoms with E-state index in [0.717, 1.165) is 31.4 Å². The van der Waals surface area contributed by atoms with Crippen molar-refractivity contribution in [3.8, 4) is 0 Å². The number of halogens is 1. The topological polar surface area (TPSA) is 72.2 Å². The molecule has 4 nitrogen and oxygen atoms in total. The van der Waals surface area contributed by atoms with Crippen molar-refractivity contribution in [1.82, 2.24) is 4.72 Å². The number of hydrogen-bond acceptors (Lipinski definition) is 3. The van der Waals surface area contributed by atoms with Crippen molar-refractivity contribution < 1.29 is 12.8 Å². The standard InChI is InChI=1S/C14H21FN2O2S/c1-9-5-10(2)7-12(6-9)17-20(18,19)14-8-11(15)3-4-13(14)16/h3-4,8-10,12,17H,5-7,16H2,1-2H3. The van der Waals surface area contributed by atoms with Crippen LogP contribution in [0.2, 0.25) is 0 Å². The van der Waals surface area contributed by atoms with Gasteiger partial charge in [0, 0.05) is 6.04 Å². The highest BCUT2D eigenvalue weighted by atomic mass is 32.2. The minimum atomic E-state index is -3.77. The Morgan fingerprint density at radius 2 is 1.80 bits per heavy atom. The molecule has 112 valence electrons. The Hall–Kier alpha value is -1.14. The maximum absolute atomic E-state index is 13.2. The molecule has 0 aliphatic heterocycles. The molecule has 1 aromatic carbocycles. The molecule has 0 heterocycles. The lowest BCUT2D eigenvalue weighted by Crippen LogP contribution is -2.40. The third kappa shape index (κ3) is 3.49. The molecular formula is C14H21FN2O2S. The van der Waals surface area contributed by atoms with Gasteiger partial charge in [0.1, 0.15) is 10.7 Å². The quantitative estimate of drug-likeness (QED) is 0.843. The third-order valence-electron chi connectivity index (χ3n) is 3.77. The second kappa shape index (κ2) is 5.69. The molecule has 1 fully saturated rings. The van der Waals surface area contributed by atoms with Crippen molar-refractivity contribution in [2.75, 3.05) is 5.73 Å². The number of benzene rings is 1. The van der Waals surface area contributed by atoms with Gasteiger partial charge in [-0.2, -0.15) is 0 Å². The highest BCUT2D eigenvalue weighted by Gasteiger charge is 2.28. The van der Waals surface area contributed by atoms with Gasteiger partial charge in [0.15, 0.2) is 0 Å². The SMILES string of the molecule is CC1CC(C)CC(NS(=O)(=O)c2cc(F)ccc2N)C1. The Morgan fingerprint density at radius 1 is 1.20 bits per heavy atom. The summed E-state index contributed by atoms with van der Waals surface area (Å²) in [5.74, 6) is 0.359. The van der Waals surface area contributed by atoms with Crippen molar-refractivity contribution in [3.05, 3.63) is 24.0 Å². The van der Waals surface area contributed by atoms with E-state index in [-0.39, 0.29) is 16.6 Å². The van der Waals surface area contributed by atoms with Crippen molar-refractivity contribution in [2.45, 2.75) is 44.0 Å². The third-order valence-corrected chi connectivity index (χ3v) is 5.34. The van der Waals surface area contributed by atoms with E-state index in [1.54, 1.807) is 0 Å². The molecule has 0 amide bonds. The Morgan fingerprint density at radius 3 is 2.40 bits per heavy atom. The lowest BCUT2D eigenvalue weighted by molar-refractivity contribution is 0.257. The summed E-state index contributed by atoms with van der Waals surface area (Å²) in [5, 5.41) is 0. The molecule has 1 saturated carbocycles. The van der Waals surface area contributed by atoms with Crippen LogP contribution >= 0.6 is 0 Å². The Balaban J connectivity index is 2.21. The van der Waals surface area contributed by atoms with Crippen LogP contribution in [0.15, 0.2) is 23.1 Å².